The van der Waals surface area contributed by atoms with Crippen LogP contribution in [0, 0.1) is 5.82 Å². The van der Waals surface area contributed by atoms with Crippen molar-refractivity contribution in [2.75, 3.05) is 13.7 Å². The van der Waals surface area contributed by atoms with Crippen LogP contribution in [0.1, 0.15) is 23.4 Å². The summed E-state index contributed by atoms with van der Waals surface area (Å²) in [5, 5.41) is 6.41. The first-order valence-corrected chi connectivity index (χ1v) is 7.01. The minimum absolute atomic E-state index is 0.278. The summed E-state index contributed by atoms with van der Waals surface area (Å²) in [7, 11) is 1.46. The molecule has 19 heavy (non-hydrogen) atoms. The van der Waals surface area contributed by atoms with Gasteiger partial charge in [0, 0.05) is 30.6 Å². The molecule has 3 nitrogen and oxygen atoms in total. The van der Waals surface area contributed by atoms with Crippen molar-refractivity contribution in [3.8, 4) is 5.75 Å². The SMILES string of the molecule is COc1ccc(CNCC(C)c2nccs2)cc1F. The number of hydrogen-bond acceptors (Lipinski definition) is 4. The van der Waals surface area contributed by atoms with Gasteiger partial charge in [-0.1, -0.05) is 13.0 Å². The molecule has 1 unspecified atom stereocenters. The van der Waals surface area contributed by atoms with E-state index in [1.165, 1.54) is 13.2 Å². The second-order valence-corrected chi connectivity index (χ2v) is 5.30. The first-order chi connectivity index (χ1) is 9.20. The van der Waals surface area contributed by atoms with E-state index in [2.05, 4.69) is 17.2 Å². The molecule has 0 aliphatic carbocycles. The van der Waals surface area contributed by atoms with Gasteiger partial charge in [-0.3, -0.25) is 0 Å². The van der Waals surface area contributed by atoms with Gasteiger partial charge >= 0.3 is 0 Å². The van der Waals surface area contributed by atoms with E-state index in [0.29, 0.717) is 12.5 Å². The zero-order valence-corrected chi connectivity index (χ0v) is 11.8. The monoisotopic (exact) mass is 280 g/mol. The number of nitrogens with zero attached hydrogens (tertiary/aromatic N) is 1. The molecule has 0 radical (unpaired) electrons. The highest BCUT2D eigenvalue weighted by Crippen LogP contribution is 2.18. The number of benzene rings is 1. The molecule has 2 rings (SSSR count). The van der Waals surface area contributed by atoms with Crippen LogP contribution in [0.2, 0.25) is 0 Å². The second kappa shape index (κ2) is 6.63. The van der Waals surface area contributed by atoms with Gasteiger partial charge in [-0.05, 0) is 17.7 Å². The Morgan fingerprint density at radius 2 is 2.32 bits per heavy atom. The molecule has 0 bridgehead atoms. The average molecular weight is 280 g/mol. The summed E-state index contributed by atoms with van der Waals surface area (Å²) < 4.78 is 18.4. The lowest BCUT2D eigenvalue weighted by Crippen LogP contribution is -2.19. The van der Waals surface area contributed by atoms with E-state index in [1.807, 2.05) is 17.6 Å². The summed E-state index contributed by atoms with van der Waals surface area (Å²) in [6, 6.07) is 5.01. The number of nitrogens with one attached hydrogen (secondary N) is 1. The Kier molecular flexibility index (Phi) is 4.87. The third-order valence-corrected chi connectivity index (χ3v) is 3.88. The molecule has 1 aromatic heterocycles. The molecular weight excluding hydrogens is 263 g/mol. The van der Waals surface area contributed by atoms with Crippen LogP contribution in [-0.4, -0.2) is 18.6 Å². The Hall–Kier alpha value is -1.46. The van der Waals surface area contributed by atoms with E-state index in [9.17, 15) is 4.39 Å². The van der Waals surface area contributed by atoms with E-state index < -0.39 is 0 Å². The third kappa shape index (κ3) is 3.75. The van der Waals surface area contributed by atoms with Crippen molar-refractivity contribution < 1.29 is 9.13 Å². The minimum atomic E-state index is -0.324. The second-order valence-electron chi connectivity index (χ2n) is 4.37. The maximum absolute atomic E-state index is 13.5. The van der Waals surface area contributed by atoms with Crippen molar-refractivity contribution in [3.05, 3.63) is 46.2 Å². The normalized spacial score (nSPS) is 12.4. The fraction of sp³-hybridized carbons (Fsp3) is 0.357. The lowest BCUT2D eigenvalue weighted by atomic mass is 10.1. The largest absolute Gasteiger partial charge is 0.494 e. The molecule has 1 aromatic carbocycles. The Morgan fingerprint density at radius 3 is 2.95 bits per heavy atom. The molecule has 0 amide bonds. The van der Waals surface area contributed by atoms with Crippen LogP contribution in [-0.2, 0) is 6.54 Å². The van der Waals surface area contributed by atoms with E-state index >= 15 is 0 Å². The number of ether oxygens (including phenoxy) is 1. The lowest BCUT2D eigenvalue weighted by molar-refractivity contribution is 0.386. The quantitative estimate of drug-likeness (QED) is 0.882. The van der Waals surface area contributed by atoms with Crippen LogP contribution >= 0.6 is 11.3 Å². The molecule has 0 aliphatic heterocycles. The highest BCUT2D eigenvalue weighted by Gasteiger charge is 2.08. The summed E-state index contributed by atoms with van der Waals surface area (Å²) in [6.07, 6.45) is 1.81. The first kappa shape index (κ1) is 14.0. The molecule has 0 aliphatic rings. The number of aromatic nitrogens is 1. The number of halogens is 1. The Labute approximate surface area is 116 Å². The Morgan fingerprint density at radius 1 is 1.47 bits per heavy atom. The molecule has 0 saturated carbocycles. The summed E-state index contributed by atoms with van der Waals surface area (Å²) in [5.41, 5.74) is 0.907. The molecule has 1 N–H and O–H groups in total. The number of thiazole rings is 1. The van der Waals surface area contributed by atoms with E-state index in [4.69, 9.17) is 4.74 Å². The zero-order chi connectivity index (χ0) is 13.7. The standard InChI is InChI=1S/C14H17FN2OS/c1-10(14-17-5-6-19-14)8-16-9-11-3-4-13(18-2)12(15)7-11/h3-7,10,16H,8-9H2,1-2H3. The molecule has 102 valence electrons. The van der Waals surface area contributed by atoms with Gasteiger partial charge in [0.2, 0.25) is 0 Å². The smallest absolute Gasteiger partial charge is 0.165 e. The van der Waals surface area contributed by atoms with Gasteiger partial charge < -0.3 is 10.1 Å². The first-order valence-electron chi connectivity index (χ1n) is 6.13. The predicted octanol–water partition coefficient (Wildman–Crippen LogP) is 3.18. The van der Waals surface area contributed by atoms with E-state index in [1.54, 1.807) is 17.4 Å². The van der Waals surface area contributed by atoms with Crippen LogP contribution in [0.3, 0.4) is 0 Å². The van der Waals surface area contributed by atoms with Gasteiger partial charge in [0.15, 0.2) is 11.6 Å². The van der Waals surface area contributed by atoms with Crippen molar-refractivity contribution >= 4 is 11.3 Å². The van der Waals surface area contributed by atoms with E-state index in [0.717, 1.165) is 17.1 Å². The van der Waals surface area contributed by atoms with Gasteiger partial charge in [-0.15, -0.1) is 11.3 Å². The van der Waals surface area contributed by atoms with Crippen LogP contribution in [0.4, 0.5) is 4.39 Å². The van der Waals surface area contributed by atoms with Crippen LogP contribution in [0.25, 0.3) is 0 Å². The maximum Gasteiger partial charge on any atom is 0.165 e. The maximum atomic E-state index is 13.5. The summed E-state index contributed by atoms with van der Waals surface area (Å²) in [6.45, 7) is 3.58. The summed E-state index contributed by atoms with van der Waals surface area (Å²) >= 11 is 1.66. The molecule has 1 atom stereocenters. The van der Waals surface area contributed by atoms with Gasteiger partial charge in [-0.2, -0.15) is 0 Å². The average Bonchev–Trinajstić information content (AvgIpc) is 2.93. The molecule has 0 saturated heterocycles. The summed E-state index contributed by atoms with van der Waals surface area (Å²) in [4.78, 5) is 4.28. The van der Waals surface area contributed by atoms with E-state index in [-0.39, 0.29) is 11.6 Å². The number of methoxy groups -OCH3 is 1. The van der Waals surface area contributed by atoms with Crippen molar-refractivity contribution in [2.24, 2.45) is 0 Å². The fourth-order valence-electron chi connectivity index (χ4n) is 1.82. The third-order valence-electron chi connectivity index (χ3n) is 2.87. The molecule has 1 heterocycles. The van der Waals surface area contributed by atoms with Gasteiger partial charge in [0.1, 0.15) is 0 Å². The fourth-order valence-corrected chi connectivity index (χ4v) is 2.52. The van der Waals surface area contributed by atoms with Crippen molar-refractivity contribution in [3.63, 3.8) is 0 Å². The highest BCUT2D eigenvalue weighted by atomic mass is 32.1. The molecule has 2 aromatic rings. The highest BCUT2D eigenvalue weighted by molar-refractivity contribution is 7.09. The van der Waals surface area contributed by atoms with Gasteiger partial charge in [0.25, 0.3) is 0 Å². The Balaban J connectivity index is 1.84. The minimum Gasteiger partial charge on any atom is -0.494 e. The van der Waals surface area contributed by atoms with Gasteiger partial charge in [0.05, 0.1) is 12.1 Å². The summed E-state index contributed by atoms with van der Waals surface area (Å²) in [5.74, 6) is 0.317. The predicted molar refractivity (Wildman–Crippen MR) is 75.2 cm³/mol. The van der Waals surface area contributed by atoms with Crippen LogP contribution in [0.15, 0.2) is 29.8 Å². The van der Waals surface area contributed by atoms with Crippen LogP contribution < -0.4 is 10.1 Å². The lowest BCUT2D eigenvalue weighted by Gasteiger charge is -2.10. The molecule has 0 spiro atoms. The van der Waals surface area contributed by atoms with Crippen molar-refractivity contribution in [1.82, 2.24) is 10.3 Å². The molecule has 0 fully saturated rings. The van der Waals surface area contributed by atoms with Crippen molar-refractivity contribution in [2.45, 2.75) is 19.4 Å². The topological polar surface area (TPSA) is 34.1 Å². The number of hydrogen-bond donors (Lipinski definition) is 1. The Bertz CT molecular complexity index is 516. The van der Waals surface area contributed by atoms with Crippen molar-refractivity contribution in [1.29, 1.82) is 0 Å². The molecular formula is C14H17FN2OS. The molecule has 5 heteroatoms. The van der Waals surface area contributed by atoms with Gasteiger partial charge in [-0.25, -0.2) is 9.37 Å². The number of rotatable bonds is 6. The van der Waals surface area contributed by atoms with Crippen LogP contribution in [0.5, 0.6) is 5.75 Å². The zero-order valence-electron chi connectivity index (χ0n) is 11.0.